The summed E-state index contributed by atoms with van der Waals surface area (Å²) in [7, 11) is 1.73. The number of rotatable bonds is 8. The van der Waals surface area contributed by atoms with E-state index in [1.807, 2.05) is 12.4 Å². The number of hydrogen-bond donors (Lipinski definition) is 1. The van der Waals surface area contributed by atoms with Crippen LogP contribution in [0.25, 0.3) is 0 Å². The monoisotopic (exact) mass is 273 g/mol. The van der Waals surface area contributed by atoms with Crippen LogP contribution in [0, 0.1) is 6.92 Å². The van der Waals surface area contributed by atoms with E-state index in [0.717, 1.165) is 38.5 Å². The van der Waals surface area contributed by atoms with Gasteiger partial charge in [0.1, 0.15) is 0 Å². The second kappa shape index (κ2) is 7.70. The predicted molar refractivity (Wildman–Crippen MR) is 82.1 cm³/mol. The predicted octanol–water partition coefficient (Wildman–Crippen LogP) is 2.88. The summed E-state index contributed by atoms with van der Waals surface area (Å²) in [5.74, 6) is 0.940. The molecule has 0 spiro atoms. The van der Waals surface area contributed by atoms with Crippen LogP contribution in [0.15, 0.2) is 36.7 Å². The molecule has 0 atom stereocenters. The summed E-state index contributed by atoms with van der Waals surface area (Å²) in [6.45, 7) is 4.76. The quantitative estimate of drug-likeness (QED) is 0.752. The number of aromatic nitrogens is 2. The molecular weight excluding hydrogens is 250 g/mol. The summed E-state index contributed by atoms with van der Waals surface area (Å²) in [5, 5.41) is 3.35. The lowest BCUT2D eigenvalue weighted by Gasteiger charge is -2.11. The molecule has 4 nitrogen and oxygen atoms in total. The maximum atomic E-state index is 5.04. The molecule has 1 aromatic carbocycles. The van der Waals surface area contributed by atoms with Gasteiger partial charge < -0.3 is 14.6 Å². The zero-order valence-electron chi connectivity index (χ0n) is 12.3. The molecular formula is C16H23N3O. The largest absolute Gasteiger partial charge is 0.385 e. The van der Waals surface area contributed by atoms with E-state index in [-0.39, 0.29) is 0 Å². The minimum absolute atomic E-state index is 0.775. The Morgan fingerprint density at radius 1 is 1.30 bits per heavy atom. The zero-order chi connectivity index (χ0) is 14.2. The van der Waals surface area contributed by atoms with E-state index >= 15 is 0 Å². The van der Waals surface area contributed by atoms with E-state index < -0.39 is 0 Å². The van der Waals surface area contributed by atoms with Crippen LogP contribution in [-0.4, -0.2) is 29.8 Å². The van der Waals surface area contributed by atoms with E-state index in [4.69, 9.17) is 4.74 Å². The molecule has 2 rings (SSSR count). The molecule has 0 saturated carbocycles. The third-order valence-electron chi connectivity index (χ3n) is 3.41. The number of methoxy groups -OCH3 is 1. The highest BCUT2D eigenvalue weighted by Gasteiger charge is 2.03. The third kappa shape index (κ3) is 4.10. The fourth-order valence-electron chi connectivity index (χ4n) is 2.20. The van der Waals surface area contributed by atoms with Crippen molar-refractivity contribution in [3.05, 3.63) is 47.8 Å². The van der Waals surface area contributed by atoms with Gasteiger partial charge in [-0.2, -0.15) is 0 Å². The van der Waals surface area contributed by atoms with Crippen LogP contribution < -0.4 is 5.32 Å². The Labute approximate surface area is 120 Å². The minimum Gasteiger partial charge on any atom is -0.385 e. The van der Waals surface area contributed by atoms with Crippen LogP contribution in [-0.2, 0) is 17.7 Å². The van der Waals surface area contributed by atoms with Gasteiger partial charge in [-0.3, -0.25) is 0 Å². The maximum absolute atomic E-state index is 5.04. The Bertz CT molecular complexity index is 522. The van der Waals surface area contributed by atoms with Gasteiger partial charge in [0.2, 0.25) is 5.95 Å². The smallest absolute Gasteiger partial charge is 0.202 e. The fourth-order valence-corrected chi connectivity index (χ4v) is 2.20. The Hall–Kier alpha value is -1.81. The molecule has 108 valence electrons. The van der Waals surface area contributed by atoms with E-state index in [9.17, 15) is 0 Å². The number of hydrogen-bond acceptors (Lipinski definition) is 3. The van der Waals surface area contributed by atoms with Gasteiger partial charge in [0.05, 0.1) is 0 Å². The van der Waals surface area contributed by atoms with Crippen LogP contribution in [0.1, 0.15) is 17.5 Å². The minimum atomic E-state index is 0.775. The molecule has 0 saturated heterocycles. The molecule has 0 bridgehead atoms. The molecule has 0 aliphatic heterocycles. The van der Waals surface area contributed by atoms with Gasteiger partial charge in [-0.1, -0.05) is 24.3 Å². The van der Waals surface area contributed by atoms with Gasteiger partial charge in [0.25, 0.3) is 0 Å². The molecule has 0 amide bonds. The van der Waals surface area contributed by atoms with E-state index in [0.29, 0.717) is 0 Å². The van der Waals surface area contributed by atoms with Crippen molar-refractivity contribution in [1.29, 1.82) is 0 Å². The average molecular weight is 273 g/mol. The molecule has 1 aromatic heterocycles. The number of ether oxygens (including phenoxy) is 1. The Kier molecular flexibility index (Phi) is 5.62. The molecule has 0 fully saturated rings. The van der Waals surface area contributed by atoms with Crippen molar-refractivity contribution in [3.63, 3.8) is 0 Å². The number of nitrogens with one attached hydrogen (secondary N) is 1. The van der Waals surface area contributed by atoms with Gasteiger partial charge in [-0.15, -0.1) is 0 Å². The topological polar surface area (TPSA) is 39.1 Å². The first kappa shape index (κ1) is 14.6. The summed E-state index contributed by atoms with van der Waals surface area (Å²) in [6.07, 6.45) is 5.88. The SMILES string of the molecule is COCCCNc1nccn1CCc1ccccc1C. The van der Waals surface area contributed by atoms with Crippen molar-refractivity contribution in [2.24, 2.45) is 0 Å². The summed E-state index contributed by atoms with van der Waals surface area (Å²) < 4.78 is 7.21. The van der Waals surface area contributed by atoms with Crippen molar-refractivity contribution in [2.75, 3.05) is 25.6 Å². The lowest BCUT2D eigenvalue weighted by Crippen LogP contribution is -2.11. The molecule has 2 aromatic rings. The first-order chi connectivity index (χ1) is 9.81. The second-order valence-electron chi connectivity index (χ2n) is 4.89. The third-order valence-corrected chi connectivity index (χ3v) is 3.41. The molecule has 0 radical (unpaired) electrons. The first-order valence-corrected chi connectivity index (χ1v) is 7.09. The van der Waals surface area contributed by atoms with E-state index in [2.05, 4.69) is 46.1 Å². The van der Waals surface area contributed by atoms with Crippen LogP contribution in [0.3, 0.4) is 0 Å². The maximum Gasteiger partial charge on any atom is 0.202 e. The van der Waals surface area contributed by atoms with Gasteiger partial charge >= 0.3 is 0 Å². The highest BCUT2D eigenvalue weighted by molar-refractivity contribution is 5.28. The Morgan fingerprint density at radius 3 is 2.95 bits per heavy atom. The first-order valence-electron chi connectivity index (χ1n) is 7.09. The summed E-state index contributed by atoms with van der Waals surface area (Å²) in [6, 6.07) is 8.53. The number of nitrogens with zero attached hydrogens (tertiary/aromatic N) is 2. The van der Waals surface area contributed by atoms with Crippen molar-refractivity contribution in [1.82, 2.24) is 9.55 Å². The van der Waals surface area contributed by atoms with Crippen molar-refractivity contribution in [3.8, 4) is 0 Å². The molecule has 4 heteroatoms. The fraction of sp³-hybridized carbons (Fsp3) is 0.438. The van der Waals surface area contributed by atoms with Gasteiger partial charge in [0, 0.05) is 39.2 Å². The van der Waals surface area contributed by atoms with Crippen molar-refractivity contribution >= 4 is 5.95 Å². The Balaban J connectivity index is 1.87. The summed E-state index contributed by atoms with van der Waals surface area (Å²) in [5.41, 5.74) is 2.74. The van der Waals surface area contributed by atoms with Gasteiger partial charge in [0.15, 0.2) is 0 Å². The zero-order valence-corrected chi connectivity index (χ0v) is 12.3. The van der Waals surface area contributed by atoms with E-state index in [1.165, 1.54) is 11.1 Å². The lowest BCUT2D eigenvalue weighted by atomic mass is 10.1. The number of anilines is 1. The number of imidazole rings is 1. The standard InChI is InChI=1S/C16H23N3O/c1-14-6-3-4-7-15(14)8-11-19-12-10-18-16(19)17-9-5-13-20-2/h3-4,6-7,10,12H,5,8-9,11,13H2,1-2H3,(H,17,18). The number of benzene rings is 1. The van der Waals surface area contributed by atoms with Crippen LogP contribution in [0.4, 0.5) is 5.95 Å². The van der Waals surface area contributed by atoms with Crippen LogP contribution in [0.5, 0.6) is 0 Å². The lowest BCUT2D eigenvalue weighted by molar-refractivity contribution is 0.197. The molecule has 0 unspecified atom stereocenters. The van der Waals surface area contributed by atoms with E-state index in [1.54, 1.807) is 7.11 Å². The van der Waals surface area contributed by atoms with Gasteiger partial charge in [-0.05, 0) is 30.9 Å². The molecule has 0 aliphatic carbocycles. The number of aryl methyl sites for hydroxylation is 3. The van der Waals surface area contributed by atoms with Gasteiger partial charge in [-0.25, -0.2) is 4.98 Å². The second-order valence-corrected chi connectivity index (χ2v) is 4.89. The normalized spacial score (nSPS) is 10.7. The van der Waals surface area contributed by atoms with Crippen LogP contribution in [0.2, 0.25) is 0 Å². The molecule has 0 aliphatic rings. The van der Waals surface area contributed by atoms with Crippen molar-refractivity contribution < 1.29 is 4.74 Å². The van der Waals surface area contributed by atoms with Crippen molar-refractivity contribution in [2.45, 2.75) is 26.3 Å². The molecule has 20 heavy (non-hydrogen) atoms. The highest BCUT2D eigenvalue weighted by Crippen LogP contribution is 2.11. The highest BCUT2D eigenvalue weighted by atomic mass is 16.5. The summed E-state index contributed by atoms with van der Waals surface area (Å²) in [4.78, 5) is 4.36. The summed E-state index contributed by atoms with van der Waals surface area (Å²) >= 11 is 0. The molecule has 1 N–H and O–H groups in total. The molecule has 1 heterocycles. The average Bonchev–Trinajstić information content (AvgIpc) is 2.90. The Morgan fingerprint density at radius 2 is 2.15 bits per heavy atom. The van der Waals surface area contributed by atoms with Crippen LogP contribution >= 0.6 is 0 Å².